The molecule has 0 radical (unpaired) electrons. The molecule has 2 heteroatoms. The van der Waals surface area contributed by atoms with Gasteiger partial charge in [-0.15, -0.1) is 0 Å². The molecule has 2 N–H and O–H groups in total. The van der Waals surface area contributed by atoms with Crippen molar-refractivity contribution in [3.63, 3.8) is 0 Å². The number of halogens is 1. The van der Waals surface area contributed by atoms with Gasteiger partial charge in [0, 0.05) is 0 Å². The SMILES string of the molecule is CCCCCCCCCCCCc1ccc(Cl)c(N)c1. The molecule has 114 valence electrons. The number of hydrogen-bond acceptors (Lipinski definition) is 1. The van der Waals surface area contributed by atoms with Crippen molar-refractivity contribution in [1.82, 2.24) is 0 Å². The van der Waals surface area contributed by atoms with Crippen molar-refractivity contribution in [2.24, 2.45) is 0 Å². The Kier molecular flexibility index (Phi) is 9.57. The van der Waals surface area contributed by atoms with E-state index in [-0.39, 0.29) is 0 Å². The van der Waals surface area contributed by atoms with Crippen molar-refractivity contribution >= 4 is 17.3 Å². The largest absolute Gasteiger partial charge is 0.398 e. The molecule has 0 aromatic heterocycles. The summed E-state index contributed by atoms with van der Waals surface area (Å²) >= 11 is 5.92. The zero-order valence-corrected chi connectivity index (χ0v) is 13.7. The molecular formula is C18H30ClN. The van der Waals surface area contributed by atoms with Crippen LogP contribution in [0.4, 0.5) is 5.69 Å². The molecule has 20 heavy (non-hydrogen) atoms. The minimum atomic E-state index is 0.664. The molecule has 0 spiro atoms. The zero-order chi connectivity index (χ0) is 14.6. The molecule has 1 aromatic rings. The van der Waals surface area contributed by atoms with E-state index < -0.39 is 0 Å². The Balaban J connectivity index is 1.95. The summed E-state index contributed by atoms with van der Waals surface area (Å²) in [5.74, 6) is 0. The van der Waals surface area contributed by atoms with Crippen LogP contribution < -0.4 is 5.73 Å². The molecule has 0 fully saturated rings. The number of hydrogen-bond donors (Lipinski definition) is 1. The Bertz CT molecular complexity index is 362. The highest BCUT2D eigenvalue weighted by molar-refractivity contribution is 6.33. The highest BCUT2D eigenvalue weighted by Crippen LogP contribution is 2.21. The second-order valence-corrected chi connectivity index (χ2v) is 6.20. The maximum Gasteiger partial charge on any atom is 0.0635 e. The number of benzene rings is 1. The second-order valence-electron chi connectivity index (χ2n) is 5.79. The van der Waals surface area contributed by atoms with Crippen LogP contribution in [0.15, 0.2) is 18.2 Å². The van der Waals surface area contributed by atoms with Crippen molar-refractivity contribution in [3.05, 3.63) is 28.8 Å². The van der Waals surface area contributed by atoms with Crippen molar-refractivity contribution in [3.8, 4) is 0 Å². The lowest BCUT2D eigenvalue weighted by molar-refractivity contribution is 0.556. The summed E-state index contributed by atoms with van der Waals surface area (Å²) in [6.07, 6.45) is 14.9. The Morgan fingerprint density at radius 2 is 1.40 bits per heavy atom. The van der Waals surface area contributed by atoms with Gasteiger partial charge in [-0.05, 0) is 30.5 Å². The summed E-state index contributed by atoms with van der Waals surface area (Å²) in [6, 6.07) is 6.00. The predicted octanol–water partition coefficient (Wildman–Crippen LogP) is 6.39. The number of nitrogens with two attached hydrogens (primary N) is 1. The van der Waals surface area contributed by atoms with Crippen LogP contribution in [0, 0.1) is 0 Å². The molecule has 0 saturated heterocycles. The third kappa shape index (κ3) is 7.79. The zero-order valence-electron chi connectivity index (χ0n) is 13.0. The lowest BCUT2D eigenvalue weighted by Crippen LogP contribution is -1.91. The summed E-state index contributed by atoms with van der Waals surface area (Å²) in [5.41, 5.74) is 7.82. The number of nitrogen functional groups attached to an aromatic ring is 1. The van der Waals surface area contributed by atoms with E-state index in [0.717, 1.165) is 6.42 Å². The van der Waals surface area contributed by atoms with E-state index in [1.54, 1.807) is 0 Å². The molecule has 0 aliphatic heterocycles. The quantitative estimate of drug-likeness (QED) is 0.372. The van der Waals surface area contributed by atoms with Gasteiger partial charge in [-0.1, -0.05) is 82.4 Å². The molecule has 0 unspecified atom stereocenters. The van der Waals surface area contributed by atoms with Gasteiger partial charge in [0.05, 0.1) is 10.7 Å². The van der Waals surface area contributed by atoms with Gasteiger partial charge < -0.3 is 5.73 Å². The van der Waals surface area contributed by atoms with Crippen molar-refractivity contribution in [2.75, 3.05) is 5.73 Å². The van der Waals surface area contributed by atoms with Gasteiger partial charge >= 0.3 is 0 Å². The molecule has 0 heterocycles. The van der Waals surface area contributed by atoms with Crippen LogP contribution in [0.25, 0.3) is 0 Å². The van der Waals surface area contributed by atoms with E-state index >= 15 is 0 Å². The molecule has 0 amide bonds. The summed E-state index contributed by atoms with van der Waals surface area (Å²) < 4.78 is 0. The molecule has 0 bridgehead atoms. The van der Waals surface area contributed by atoms with Crippen molar-refractivity contribution in [1.29, 1.82) is 0 Å². The number of anilines is 1. The number of aryl methyl sites for hydroxylation is 1. The lowest BCUT2D eigenvalue weighted by atomic mass is 10.0. The minimum Gasteiger partial charge on any atom is -0.398 e. The molecule has 0 saturated carbocycles. The smallest absolute Gasteiger partial charge is 0.0635 e. The normalized spacial score (nSPS) is 10.9. The average Bonchev–Trinajstić information content (AvgIpc) is 2.45. The molecule has 1 nitrogen and oxygen atoms in total. The van der Waals surface area contributed by atoms with E-state index in [0.29, 0.717) is 10.7 Å². The first-order valence-electron chi connectivity index (χ1n) is 8.28. The second kappa shape index (κ2) is 11.0. The van der Waals surface area contributed by atoms with Gasteiger partial charge in [0.15, 0.2) is 0 Å². The van der Waals surface area contributed by atoms with Crippen LogP contribution in [0.5, 0.6) is 0 Å². The summed E-state index contributed by atoms with van der Waals surface area (Å²) in [4.78, 5) is 0. The van der Waals surface area contributed by atoms with E-state index in [9.17, 15) is 0 Å². The van der Waals surface area contributed by atoms with E-state index in [1.807, 2.05) is 12.1 Å². The summed E-state index contributed by atoms with van der Waals surface area (Å²) in [6.45, 7) is 2.27. The number of rotatable bonds is 11. The Hall–Kier alpha value is -0.690. The fraction of sp³-hybridized carbons (Fsp3) is 0.667. The minimum absolute atomic E-state index is 0.664. The molecule has 0 aliphatic rings. The first-order valence-corrected chi connectivity index (χ1v) is 8.65. The summed E-state index contributed by atoms with van der Waals surface area (Å²) in [5, 5.41) is 0.664. The first-order chi connectivity index (χ1) is 9.74. The molecule has 0 atom stereocenters. The van der Waals surface area contributed by atoms with Gasteiger partial charge in [0.1, 0.15) is 0 Å². The first kappa shape index (κ1) is 17.4. The average molecular weight is 296 g/mol. The monoisotopic (exact) mass is 295 g/mol. The van der Waals surface area contributed by atoms with Crippen LogP contribution in [0.3, 0.4) is 0 Å². The summed E-state index contributed by atoms with van der Waals surface area (Å²) in [7, 11) is 0. The number of unbranched alkanes of at least 4 members (excludes halogenated alkanes) is 9. The fourth-order valence-electron chi connectivity index (χ4n) is 2.57. The molecule has 0 aliphatic carbocycles. The van der Waals surface area contributed by atoms with Gasteiger partial charge in [0.25, 0.3) is 0 Å². The lowest BCUT2D eigenvalue weighted by Gasteiger charge is -2.05. The van der Waals surface area contributed by atoms with E-state index in [1.165, 1.54) is 69.8 Å². The molecule has 1 aromatic carbocycles. The van der Waals surface area contributed by atoms with Crippen LogP contribution in [-0.4, -0.2) is 0 Å². The van der Waals surface area contributed by atoms with Gasteiger partial charge in [-0.3, -0.25) is 0 Å². The maximum absolute atomic E-state index is 5.92. The fourth-order valence-corrected chi connectivity index (χ4v) is 2.68. The Morgan fingerprint density at radius 1 is 0.850 bits per heavy atom. The van der Waals surface area contributed by atoms with Gasteiger partial charge in [0.2, 0.25) is 0 Å². The van der Waals surface area contributed by atoms with E-state index in [4.69, 9.17) is 17.3 Å². The van der Waals surface area contributed by atoms with Crippen LogP contribution in [0.1, 0.15) is 76.7 Å². The third-order valence-electron chi connectivity index (χ3n) is 3.88. The van der Waals surface area contributed by atoms with Gasteiger partial charge in [-0.2, -0.15) is 0 Å². The molecular weight excluding hydrogens is 266 g/mol. The predicted molar refractivity (Wildman–Crippen MR) is 91.4 cm³/mol. The van der Waals surface area contributed by atoms with Crippen molar-refractivity contribution < 1.29 is 0 Å². The Morgan fingerprint density at radius 3 is 1.95 bits per heavy atom. The third-order valence-corrected chi connectivity index (χ3v) is 4.22. The van der Waals surface area contributed by atoms with Crippen LogP contribution in [0.2, 0.25) is 5.02 Å². The van der Waals surface area contributed by atoms with E-state index in [2.05, 4.69) is 13.0 Å². The molecule has 1 rings (SSSR count). The standard InChI is InChI=1S/C18H30ClN/c1-2-3-4-5-6-7-8-9-10-11-12-16-13-14-17(19)18(20)15-16/h13-15H,2-12,20H2,1H3. The van der Waals surface area contributed by atoms with Gasteiger partial charge in [-0.25, -0.2) is 0 Å². The van der Waals surface area contributed by atoms with Crippen molar-refractivity contribution in [2.45, 2.75) is 77.6 Å². The topological polar surface area (TPSA) is 26.0 Å². The van der Waals surface area contributed by atoms with Crippen LogP contribution >= 0.6 is 11.6 Å². The highest BCUT2D eigenvalue weighted by Gasteiger charge is 1.99. The highest BCUT2D eigenvalue weighted by atomic mass is 35.5. The van der Waals surface area contributed by atoms with Crippen LogP contribution in [-0.2, 0) is 6.42 Å². The maximum atomic E-state index is 5.92. The Labute approximate surface area is 129 Å².